The van der Waals surface area contributed by atoms with Crippen LogP contribution in [0, 0.1) is 6.92 Å². The molecule has 0 radical (unpaired) electrons. The fraction of sp³-hybridized carbons (Fsp3) is 0.545. The predicted octanol–water partition coefficient (Wildman–Crippen LogP) is 2.77. The van der Waals surface area contributed by atoms with Crippen molar-refractivity contribution >= 4 is 17.7 Å². The van der Waals surface area contributed by atoms with E-state index in [-0.39, 0.29) is 12.1 Å². The summed E-state index contributed by atoms with van der Waals surface area (Å²) in [5.74, 6) is 1.85. The molecule has 1 aromatic heterocycles. The van der Waals surface area contributed by atoms with Crippen LogP contribution in [0.1, 0.15) is 25.2 Å². The molecule has 0 N–H and O–H groups in total. The molecule has 0 aliphatic heterocycles. The van der Waals surface area contributed by atoms with Crippen molar-refractivity contribution in [1.29, 1.82) is 0 Å². The number of thioether (sulfide) groups is 1. The molecule has 0 saturated heterocycles. The average molecular weight is 228 g/mol. The predicted molar refractivity (Wildman–Crippen MR) is 60.8 cm³/mol. The second-order valence-corrected chi connectivity index (χ2v) is 4.54. The maximum atomic E-state index is 11.2. The highest BCUT2D eigenvalue weighted by molar-refractivity contribution is 7.99. The van der Waals surface area contributed by atoms with E-state index >= 15 is 0 Å². The molecule has 1 aromatic rings. The second-order valence-electron chi connectivity index (χ2n) is 3.56. The Balaban J connectivity index is 2.22. The van der Waals surface area contributed by atoms with Gasteiger partial charge in [-0.25, -0.2) is 0 Å². The van der Waals surface area contributed by atoms with Gasteiger partial charge in [-0.3, -0.25) is 4.79 Å². The normalized spacial score (nSPS) is 10.7. The van der Waals surface area contributed by atoms with Gasteiger partial charge in [0, 0.05) is 0 Å². The summed E-state index contributed by atoms with van der Waals surface area (Å²) in [6.45, 7) is 5.68. The van der Waals surface area contributed by atoms with Gasteiger partial charge < -0.3 is 9.15 Å². The number of rotatable bonds is 5. The van der Waals surface area contributed by atoms with Crippen molar-refractivity contribution in [3.63, 3.8) is 0 Å². The van der Waals surface area contributed by atoms with Gasteiger partial charge >= 0.3 is 5.97 Å². The largest absolute Gasteiger partial charge is 0.468 e. The lowest BCUT2D eigenvalue weighted by Crippen LogP contribution is -2.13. The Bertz CT molecular complexity index is 317. The molecule has 0 aromatic carbocycles. The van der Waals surface area contributed by atoms with Crippen LogP contribution in [0.4, 0.5) is 0 Å². The summed E-state index contributed by atoms with van der Waals surface area (Å²) in [6, 6.07) is 1.92. The SMILES string of the molecule is Cc1ccoc1CSCC(=O)OC(C)C. The van der Waals surface area contributed by atoms with Crippen LogP contribution in [0.2, 0.25) is 0 Å². The smallest absolute Gasteiger partial charge is 0.316 e. The molecule has 0 unspecified atom stereocenters. The highest BCUT2D eigenvalue weighted by atomic mass is 32.2. The molecule has 0 atom stereocenters. The molecule has 1 rings (SSSR count). The lowest BCUT2D eigenvalue weighted by Gasteiger charge is -2.06. The maximum Gasteiger partial charge on any atom is 0.316 e. The Morgan fingerprint density at radius 3 is 2.87 bits per heavy atom. The highest BCUT2D eigenvalue weighted by Gasteiger charge is 2.07. The number of hydrogen-bond donors (Lipinski definition) is 0. The molecular formula is C11H16O3S. The summed E-state index contributed by atoms with van der Waals surface area (Å²) in [6.07, 6.45) is 1.63. The Morgan fingerprint density at radius 2 is 2.33 bits per heavy atom. The van der Waals surface area contributed by atoms with Crippen LogP contribution in [-0.4, -0.2) is 17.8 Å². The van der Waals surface area contributed by atoms with E-state index in [9.17, 15) is 4.79 Å². The van der Waals surface area contributed by atoms with Gasteiger partial charge in [-0.1, -0.05) is 0 Å². The topological polar surface area (TPSA) is 39.4 Å². The molecule has 0 saturated carbocycles. The minimum absolute atomic E-state index is 0.0385. The first kappa shape index (κ1) is 12.2. The Labute approximate surface area is 94.2 Å². The number of carbonyl (C=O) groups excluding carboxylic acids is 1. The number of furan rings is 1. The van der Waals surface area contributed by atoms with Crippen molar-refractivity contribution in [1.82, 2.24) is 0 Å². The van der Waals surface area contributed by atoms with E-state index in [4.69, 9.17) is 9.15 Å². The molecule has 0 aliphatic rings. The summed E-state index contributed by atoms with van der Waals surface area (Å²) in [5, 5.41) is 0. The average Bonchev–Trinajstić information content (AvgIpc) is 2.50. The van der Waals surface area contributed by atoms with Crippen molar-refractivity contribution in [2.45, 2.75) is 32.6 Å². The summed E-state index contributed by atoms with van der Waals surface area (Å²) in [5.41, 5.74) is 1.12. The van der Waals surface area contributed by atoms with Gasteiger partial charge in [0.05, 0.1) is 23.9 Å². The van der Waals surface area contributed by atoms with Gasteiger partial charge in [0.25, 0.3) is 0 Å². The Hall–Kier alpha value is -0.900. The maximum absolute atomic E-state index is 11.2. The Morgan fingerprint density at radius 1 is 1.60 bits per heavy atom. The van der Waals surface area contributed by atoms with E-state index in [0.717, 1.165) is 11.3 Å². The summed E-state index contributed by atoms with van der Waals surface area (Å²) in [4.78, 5) is 11.2. The van der Waals surface area contributed by atoms with E-state index in [2.05, 4.69) is 0 Å². The first-order valence-electron chi connectivity index (χ1n) is 4.89. The van der Waals surface area contributed by atoms with E-state index in [0.29, 0.717) is 11.5 Å². The summed E-state index contributed by atoms with van der Waals surface area (Å²) >= 11 is 1.51. The van der Waals surface area contributed by atoms with Crippen LogP contribution in [0.25, 0.3) is 0 Å². The first-order valence-corrected chi connectivity index (χ1v) is 6.05. The Kier molecular flexibility index (Phi) is 4.75. The zero-order valence-corrected chi connectivity index (χ0v) is 10.1. The van der Waals surface area contributed by atoms with Crippen molar-refractivity contribution in [3.05, 3.63) is 23.7 Å². The molecule has 3 nitrogen and oxygen atoms in total. The number of carbonyl (C=O) groups is 1. The highest BCUT2D eigenvalue weighted by Crippen LogP contribution is 2.17. The van der Waals surface area contributed by atoms with Gasteiger partial charge in [-0.15, -0.1) is 11.8 Å². The molecule has 84 valence electrons. The van der Waals surface area contributed by atoms with Gasteiger partial charge in [-0.05, 0) is 32.4 Å². The van der Waals surface area contributed by atoms with Gasteiger partial charge in [0.1, 0.15) is 5.76 Å². The second kappa shape index (κ2) is 5.85. The minimum Gasteiger partial charge on any atom is -0.468 e. The fourth-order valence-corrected chi connectivity index (χ4v) is 1.89. The summed E-state index contributed by atoms with van der Waals surface area (Å²) < 4.78 is 10.3. The van der Waals surface area contributed by atoms with Crippen LogP contribution in [0.15, 0.2) is 16.7 Å². The molecular weight excluding hydrogens is 212 g/mol. The third kappa shape index (κ3) is 4.42. The van der Waals surface area contributed by atoms with E-state index < -0.39 is 0 Å². The quantitative estimate of drug-likeness (QED) is 0.726. The number of aryl methyl sites for hydroxylation is 1. The monoisotopic (exact) mass is 228 g/mol. The van der Waals surface area contributed by atoms with Crippen molar-refractivity contribution < 1.29 is 13.9 Å². The standard InChI is InChI=1S/C11H16O3S/c1-8(2)14-11(12)7-15-6-10-9(3)4-5-13-10/h4-5,8H,6-7H2,1-3H3. The molecule has 0 aliphatic carbocycles. The zero-order chi connectivity index (χ0) is 11.3. The van der Waals surface area contributed by atoms with Crippen molar-refractivity contribution in [3.8, 4) is 0 Å². The number of ether oxygens (including phenoxy) is 1. The minimum atomic E-state index is -0.167. The van der Waals surface area contributed by atoms with Gasteiger partial charge in [0.2, 0.25) is 0 Å². The third-order valence-electron chi connectivity index (χ3n) is 1.79. The molecule has 1 heterocycles. The molecule has 15 heavy (non-hydrogen) atoms. The zero-order valence-electron chi connectivity index (χ0n) is 9.28. The lowest BCUT2D eigenvalue weighted by atomic mass is 10.3. The van der Waals surface area contributed by atoms with Crippen LogP contribution in [0.3, 0.4) is 0 Å². The molecule has 4 heteroatoms. The summed E-state index contributed by atoms with van der Waals surface area (Å²) in [7, 11) is 0. The third-order valence-corrected chi connectivity index (χ3v) is 2.69. The van der Waals surface area contributed by atoms with Crippen LogP contribution >= 0.6 is 11.8 Å². The molecule has 0 amide bonds. The molecule has 0 bridgehead atoms. The lowest BCUT2D eigenvalue weighted by molar-refractivity contribution is -0.144. The number of hydrogen-bond acceptors (Lipinski definition) is 4. The van der Waals surface area contributed by atoms with Crippen LogP contribution < -0.4 is 0 Å². The fourth-order valence-electron chi connectivity index (χ4n) is 1.08. The van der Waals surface area contributed by atoms with Crippen LogP contribution in [-0.2, 0) is 15.3 Å². The van der Waals surface area contributed by atoms with Gasteiger partial charge in [0.15, 0.2) is 0 Å². The van der Waals surface area contributed by atoms with Crippen molar-refractivity contribution in [2.75, 3.05) is 5.75 Å². The first-order chi connectivity index (χ1) is 7.09. The van der Waals surface area contributed by atoms with Crippen LogP contribution in [0.5, 0.6) is 0 Å². The molecule has 0 spiro atoms. The van der Waals surface area contributed by atoms with Crippen molar-refractivity contribution in [2.24, 2.45) is 0 Å². The van der Waals surface area contributed by atoms with E-state index in [1.54, 1.807) is 6.26 Å². The molecule has 0 fully saturated rings. The van der Waals surface area contributed by atoms with E-state index in [1.165, 1.54) is 11.8 Å². The number of esters is 1. The van der Waals surface area contributed by atoms with Gasteiger partial charge in [-0.2, -0.15) is 0 Å². The van der Waals surface area contributed by atoms with E-state index in [1.807, 2.05) is 26.8 Å².